The Labute approximate surface area is 120 Å². The second-order valence-electron chi connectivity index (χ2n) is 4.77. The molecule has 0 saturated heterocycles. The molecule has 6 heteroatoms. The highest BCUT2D eigenvalue weighted by atomic mass is 16.5. The van der Waals surface area contributed by atoms with Gasteiger partial charge in [0.05, 0.1) is 29.6 Å². The Morgan fingerprint density at radius 1 is 1.29 bits per heavy atom. The standard InChI is InChI=1S/C15H12N4O2/c20-15-10(2-1-3-17-15)12-8-11-13(9-18-12)21-7-6-19-5-4-16-14(11)19/h1-5,8-9H,6-7H2,(H,17,20). The summed E-state index contributed by atoms with van der Waals surface area (Å²) in [5.41, 5.74) is 1.83. The quantitative estimate of drug-likeness (QED) is 0.736. The molecule has 0 amide bonds. The number of rotatable bonds is 1. The summed E-state index contributed by atoms with van der Waals surface area (Å²) in [4.78, 5) is 23.3. The molecule has 0 unspecified atom stereocenters. The zero-order valence-corrected chi connectivity index (χ0v) is 11.1. The molecular formula is C15H12N4O2. The average Bonchev–Trinajstić information content (AvgIpc) is 2.90. The Kier molecular flexibility index (Phi) is 2.60. The molecular weight excluding hydrogens is 268 g/mol. The maximum Gasteiger partial charge on any atom is 0.257 e. The highest BCUT2D eigenvalue weighted by molar-refractivity contribution is 5.71. The van der Waals surface area contributed by atoms with Crippen molar-refractivity contribution < 1.29 is 4.74 Å². The van der Waals surface area contributed by atoms with Crippen LogP contribution in [0.5, 0.6) is 5.75 Å². The van der Waals surface area contributed by atoms with Crippen molar-refractivity contribution in [1.29, 1.82) is 0 Å². The third kappa shape index (κ3) is 1.92. The number of fused-ring (bicyclic) bond motifs is 3. The number of aromatic nitrogens is 4. The largest absolute Gasteiger partial charge is 0.489 e. The predicted octanol–water partition coefficient (Wildman–Crippen LogP) is 1.69. The van der Waals surface area contributed by atoms with Gasteiger partial charge in [-0.2, -0.15) is 0 Å². The smallest absolute Gasteiger partial charge is 0.257 e. The molecule has 3 aromatic rings. The zero-order chi connectivity index (χ0) is 14.2. The van der Waals surface area contributed by atoms with Crippen molar-refractivity contribution >= 4 is 0 Å². The summed E-state index contributed by atoms with van der Waals surface area (Å²) in [6.45, 7) is 1.31. The molecule has 0 fully saturated rings. The molecule has 0 atom stereocenters. The van der Waals surface area contributed by atoms with Crippen LogP contribution in [-0.4, -0.2) is 26.1 Å². The van der Waals surface area contributed by atoms with Gasteiger partial charge in [-0.1, -0.05) is 0 Å². The Balaban J connectivity index is 1.93. The minimum absolute atomic E-state index is 0.164. The van der Waals surface area contributed by atoms with Crippen molar-refractivity contribution in [2.75, 3.05) is 6.61 Å². The first kappa shape index (κ1) is 11.9. The molecule has 21 heavy (non-hydrogen) atoms. The first-order chi connectivity index (χ1) is 10.3. The number of hydrogen-bond donors (Lipinski definition) is 1. The molecule has 0 aliphatic carbocycles. The molecule has 0 radical (unpaired) electrons. The van der Waals surface area contributed by atoms with Crippen LogP contribution in [-0.2, 0) is 6.54 Å². The third-order valence-corrected chi connectivity index (χ3v) is 3.51. The number of imidazole rings is 1. The van der Waals surface area contributed by atoms with Crippen molar-refractivity contribution in [2.24, 2.45) is 0 Å². The summed E-state index contributed by atoms with van der Waals surface area (Å²) in [7, 11) is 0. The second-order valence-corrected chi connectivity index (χ2v) is 4.77. The molecule has 1 N–H and O–H groups in total. The molecule has 0 spiro atoms. The van der Waals surface area contributed by atoms with Gasteiger partial charge in [-0.25, -0.2) is 4.98 Å². The summed E-state index contributed by atoms with van der Waals surface area (Å²) >= 11 is 0. The molecule has 4 heterocycles. The van der Waals surface area contributed by atoms with Crippen molar-refractivity contribution in [3.63, 3.8) is 0 Å². The van der Waals surface area contributed by atoms with Gasteiger partial charge >= 0.3 is 0 Å². The van der Waals surface area contributed by atoms with E-state index in [1.807, 2.05) is 16.8 Å². The van der Waals surface area contributed by atoms with Gasteiger partial charge in [0.2, 0.25) is 0 Å². The summed E-state index contributed by atoms with van der Waals surface area (Å²) in [6.07, 6.45) is 6.94. The van der Waals surface area contributed by atoms with Gasteiger partial charge in [-0.15, -0.1) is 0 Å². The van der Waals surface area contributed by atoms with E-state index in [0.717, 1.165) is 17.9 Å². The minimum Gasteiger partial charge on any atom is -0.489 e. The fourth-order valence-electron chi connectivity index (χ4n) is 2.49. The fourth-order valence-corrected chi connectivity index (χ4v) is 2.49. The predicted molar refractivity (Wildman–Crippen MR) is 77.0 cm³/mol. The van der Waals surface area contributed by atoms with E-state index in [4.69, 9.17) is 4.74 Å². The summed E-state index contributed by atoms with van der Waals surface area (Å²) < 4.78 is 7.73. The average molecular weight is 280 g/mol. The van der Waals surface area contributed by atoms with Gasteiger partial charge in [0.15, 0.2) is 0 Å². The lowest BCUT2D eigenvalue weighted by molar-refractivity contribution is 0.305. The van der Waals surface area contributed by atoms with Crippen molar-refractivity contribution in [3.05, 3.63) is 53.3 Å². The van der Waals surface area contributed by atoms with Crippen LogP contribution in [0.4, 0.5) is 0 Å². The monoisotopic (exact) mass is 280 g/mol. The first-order valence-electron chi connectivity index (χ1n) is 6.65. The lowest BCUT2D eigenvalue weighted by Gasteiger charge is -2.07. The molecule has 4 rings (SSSR count). The summed E-state index contributed by atoms with van der Waals surface area (Å²) in [6, 6.07) is 5.38. The third-order valence-electron chi connectivity index (χ3n) is 3.51. The van der Waals surface area contributed by atoms with Crippen LogP contribution in [0.15, 0.2) is 47.8 Å². The van der Waals surface area contributed by atoms with Crippen LogP contribution in [0, 0.1) is 0 Å². The summed E-state index contributed by atoms with van der Waals surface area (Å²) in [5, 5.41) is 0. The van der Waals surface area contributed by atoms with Crippen LogP contribution < -0.4 is 10.3 Å². The number of H-pyrrole nitrogens is 1. The van der Waals surface area contributed by atoms with E-state index in [2.05, 4.69) is 15.0 Å². The van der Waals surface area contributed by atoms with Crippen LogP contribution in [0.2, 0.25) is 0 Å². The minimum atomic E-state index is -0.164. The molecule has 6 nitrogen and oxygen atoms in total. The SMILES string of the molecule is O=c1[nH]cccc1-c1cc2c(cn1)OCCn1ccnc1-2. The van der Waals surface area contributed by atoms with E-state index in [9.17, 15) is 4.79 Å². The fraction of sp³-hybridized carbons (Fsp3) is 0.133. The normalized spacial score (nSPS) is 13.0. The second kappa shape index (κ2) is 4.59. The van der Waals surface area contributed by atoms with E-state index in [1.165, 1.54) is 0 Å². The Hall–Kier alpha value is -2.89. The van der Waals surface area contributed by atoms with E-state index in [1.54, 1.807) is 30.7 Å². The molecule has 0 saturated carbocycles. The van der Waals surface area contributed by atoms with Crippen LogP contribution in [0.25, 0.3) is 22.6 Å². The number of pyridine rings is 2. The highest BCUT2D eigenvalue weighted by Gasteiger charge is 2.18. The zero-order valence-electron chi connectivity index (χ0n) is 11.1. The maximum atomic E-state index is 11.9. The van der Waals surface area contributed by atoms with Crippen LogP contribution in [0.3, 0.4) is 0 Å². The number of aromatic amines is 1. The van der Waals surface area contributed by atoms with Gasteiger partial charge in [-0.05, 0) is 18.2 Å². The Morgan fingerprint density at radius 2 is 2.24 bits per heavy atom. The van der Waals surface area contributed by atoms with E-state index in [0.29, 0.717) is 23.6 Å². The van der Waals surface area contributed by atoms with Gasteiger partial charge in [-0.3, -0.25) is 9.78 Å². The first-order valence-corrected chi connectivity index (χ1v) is 6.65. The van der Waals surface area contributed by atoms with Gasteiger partial charge in [0, 0.05) is 18.6 Å². The van der Waals surface area contributed by atoms with Crippen LogP contribution in [0.1, 0.15) is 0 Å². The highest BCUT2D eigenvalue weighted by Crippen LogP contribution is 2.32. The lowest BCUT2D eigenvalue weighted by atomic mass is 10.1. The molecule has 0 bridgehead atoms. The van der Waals surface area contributed by atoms with Gasteiger partial charge < -0.3 is 14.3 Å². The van der Waals surface area contributed by atoms with Crippen molar-refractivity contribution in [1.82, 2.24) is 19.5 Å². The number of ether oxygens (including phenoxy) is 1. The van der Waals surface area contributed by atoms with Crippen molar-refractivity contribution in [3.8, 4) is 28.4 Å². The van der Waals surface area contributed by atoms with E-state index in [-0.39, 0.29) is 5.56 Å². The molecule has 1 aliphatic heterocycles. The summed E-state index contributed by atoms with van der Waals surface area (Å²) in [5.74, 6) is 1.52. The number of hydrogen-bond acceptors (Lipinski definition) is 4. The molecule has 1 aliphatic rings. The topological polar surface area (TPSA) is 72.8 Å². The van der Waals surface area contributed by atoms with Crippen LogP contribution >= 0.6 is 0 Å². The van der Waals surface area contributed by atoms with Gasteiger partial charge in [0.1, 0.15) is 18.2 Å². The van der Waals surface area contributed by atoms with Gasteiger partial charge in [0.25, 0.3) is 5.56 Å². The van der Waals surface area contributed by atoms with E-state index >= 15 is 0 Å². The maximum absolute atomic E-state index is 11.9. The molecule has 104 valence electrons. The van der Waals surface area contributed by atoms with Crippen molar-refractivity contribution in [2.45, 2.75) is 6.54 Å². The lowest BCUT2D eigenvalue weighted by Crippen LogP contribution is -2.08. The number of nitrogens with zero attached hydrogens (tertiary/aromatic N) is 3. The number of nitrogens with one attached hydrogen (secondary N) is 1. The Bertz CT molecular complexity index is 866. The Morgan fingerprint density at radius 3 is 3.14 bits per heavy atom. The molecule has 3 aromatic heterocycles. The van der Waals surface area contributed by atoms with E-state index < -0.39 is 0 Å². The molecule has 0 aromatic carbocycles.